The van der Waals surface area contributed by atoms with Gasteiger partial charge in [0.05, 0.1) is 5.69 Å². The highest BCUT2D eigenvalue weighted by Crippen LogP contribution is 2.28. The summed E-state index contributed by atoms with van der Waals surface area (Å²) in [6, 6.07) is 15.6. The van der Waals surface area contributed by atoms with E-state index in [2.05, 4.69) is 10.2 Å². The molecule has 0 amide bonds. The Morgan fingerprint density at radius 2 is 1.67 bits per heavy atom. The van der Waals surface area contributed by atoms with Gasteiger partial charge in [-0.25, -0.2) is 0 Å². The highest BCUT2D eigenvalue weighted by Gasteiger charge is 2.08. The van der Waals surface area contributed by atoms with E-state index in [0.717, 1.165) is 22.0 Å². The smallest absolute Gasteiger partial charge is 0.246 e. The number of aliphatic hydroxyl groups is 1. The van der Waals surface area contributed by atoms with E-state index in [1.54, 1.807) is 0 Å². The number of aryl methyl sites for hydroxylation is 1. The average Bonchev–Trinajstić information content (AvgIpc) is 2.52. The van der Waals surface area contributed by atoms with E-state index in [1.807, 2.05) is 55.5 Å². The predicted molar refractivity (Wildman–Crippen MR) is 81.6 cm³/mol. The van der Waals surface area contributed by atoms with Crippen molar-refractivity contribution in [2.45, 2.75) is 13.3 Å². The predicted octanol–water partition coefficient (Wildman–Crippen LogP) is 3.27. The normalized spacial score (nSPS) is 10.8. The van der Waals surface area contributed by atoms with Crippen LogP contribution in [0.3, 0.4) is 0 Å². The average molecular weight is 280 g/mol. The highest BCUT2D eigenvalue weighted by atomic mass is 16.5. The third-order valence-electron chi connectivity index (χ3n) is 3.38. The van der Waals surface area contributed by atoms with Crippen LogP contribution in [0.25, 0.3) is 10.8 Å². The van der Waals surface area contributed by atoms with Crippen LogP contribution in [0, 0.1) is 6.92 Å². The minimum Gasteiger partial charge on any atom is -0.437 e. The molecular weight excluding hydrogens is 264 g/mol. The lowest BCUT2D eigenvalue weighted by Gasteiger charge is -2.09. The number of fused-ring (bicyclic) bond motifs is 1. The van der Waals surface area contributed by atoms with Gasteiger partial charge in [0.25, 0.3) is 0 Å². The molecule has 2 aromatic carbocycles. The summed E-state index contributed by atoms with van der Waals surface area (Å²) in [5.74, 6) is 1.21. The molecule has 0 saturated heterocycles. The molecule has 0 fully saturated rings. The van der Waals surface area contributed by atoms with Crippen LogP contribution in [-0.2, 0) is 6.42 Å². The molecular formula is C17H16N2O2. The molecule has 0 radical (unpaired) electrons. The van der Waals surface area contributed by atoms with Crippen LogP contribution in [0.5, 0.6) is 11.6 Å². The first-order valence-electron chi connectivity index (χ1n) is 6.87. The zero-order valence-corrected chi connectivity index (χ0v) is 11.8. The Bertz CT molecular complexity index is 754. The van der Waals surface area contributed by atoms with Crippen molar-refractivity contribution in [1.29, 1.82) is 0 Å². The summed E-state index contributed by atoms with van der Waals surface area (Å²) in [6.07, 6.45) is 0.646. The first-order chi connectivity index (χ1) is 10.3. The molecule has 4 nitrogen and oxygen atoms in total. The molecule has 3 aromatic rings. The van der Waals surface area contributed by atoms with Crippen molar-refractivity contribution < 1.29 is 9.84 Å². The Labute approximate surface area is 123 Å². The maximum atomic E-state index is 8.92. The van der Waals surface area contributed by atoms with E-state index in [1.165, 1.54) is 0 Å². The minimum atomic E-state index is 0.147. The number of ether oxygens (including phenoxy) is 1. The summed E-state index contributed by atoms with van der Waals surface area (Å²) in [5, 5.41) is 19.2. The molecule has 0 aliphatic heterocycles. The quantitative estimate of drug-likeness (QED) is 0.797. The van der Waals surface area contributed by atoms with Gasteiger partial charge in [0, 0.05) is 17.4 Å². The first-order valence-corrected chi connectivity index (χ1v) is 6.87. The van der Waals surface area contributed by atoms with Crippen molar-refractivity contribution in [2.24, 2.45) is 0 Å². The Morgan fingerprint density at radius 3 is 2.38 bits per heavy atom. The number of aliphatic hydroxyl groups excluding tert-OH is 1. The summed E-state index contributed by atoms with van der Waals surface area (Å²) in [6.45, 7) is 2.08. The van der Waals surface area contributed by atoms with E-state index in [0.29, 0.717) is 18.1 Å². The fraction of sp³-hybridized carbons (Fsp3) is 0.176. The van der Waals surface area contributed by atoms with Crippen LogP contribution in [0.1, 0.15) is 11.3 Å². The lowest BCUT2D eigenvalue weighted by Crippen LogP contribution is -1.95. The summed E-state index contributed by atoms with van der Waals surface area (Å²) in [4.78, 5) is 0. The molecule has 0 aliphatic rings. The minimum absolute atomic E-state index is 0.147. The summed E-state index contributed by atoms with van der Waals surface area (Å²) < 4.78 is 5.84. The molecule has 0 spiro atoms. The van der Waals surface area contributed by atoms with Crippen molar-refractivity contribution in [2.75, 3.05) is 6.61 Å². The number of aromatic nitrogens is 2. The van der Waals surface area contributed by atoms with Crippen molar-refractivity contribution in [3.05, 3.63) is 59.8 Å². The molecule has 1 N–H and O–H groups in total. The van der Waals surface area contributed by atoms with Gasteiger partial charge in [-0.3, -0.25) is 0 Å². The molecule has 0 aliphatic carbocycles. The van der Waals surface area contributed by atoms with E-state index in [9.17, 15) is 0 Å². The molecule has 106 valence electrons. The van der Waals surface area contributed by atoms with Crippen molar-refractivity contribution >= 4 is 10.8 Å². The summed E-state index contributed by atoms with van der Waals surface area (Å²) in [7, 11) is 0. The molecule has 0 unspecified atom stereocenters. The topological polar surface area (TPSA) is 55.2 Å². The number of nitrogens with zero attached hydrogens (tertiary/aromatic N) is 2. The largest absolute Gasteiger partial charge is 0.437 e. The monoisotopic (exact) mass is 280 g/mol. The van der Waals surface area contributed by atoms with Crippen LogP contribution in [0.4, 0.5) is 0 Å². The maximum absolute atomic E-state index is 8.92. The van der Waals surface area contributed by atoms with E-state index in [-0.39, 0.29) is 6.61 Å². The second kappa shape index (κ2) is 5.89. The molecule has 4 heteroatoms. The fourth-order valence-corrected chi connectivity index (χ4v) is 2.25. The molecule has 3 rings (SSSR count). The van der Waals surface area contributed by atoms with Gasteiger partial charge in [-0.05, 0) is 37.1 Å². The van der Waals surface area contributed by atoms with Gasteiger partial charge in [-0.2, -0.15) is 5.10 Å². The van der Waals surface area contributed by atoms with Gasteiger partial charge < -0.3 is 9.84 Å². The Morgan fingerprint density at radius 1 is 0.952 bits per heavy atom. The van der Waals surface area contributed by atoms with Crippen molar-refractivity contribution in [3.8, 4) is 11.6 Å². The SMILES string of the molecule is Cc1nnc(Oc2ccc(CCO)cc2)c2ccccc12. The van der Waals surface area contributed by atoms with E-state index < -0.39 is 0 Å². The molecule has 0 atom stereocenters. The molecule has 1 heterocycles. The van der Waals surface area contributed by atoms with Gasteiger partial charge >= 0.3 is 0 Å². The number of hydrogen-bond acceptors (Lipinski definition) is 4. The third kappa shape index (κ3) is 2.85. The molecule has 21 heavy (non-hydrogen) atoms. The second-order valence-corrected chi connectivity index (χ2v) is 4.86. The van der Waals surface area contributed by atoms with E-state index in [4.69, 9.17) is 9.84 Å². The molecule has 0 saturated carbocycles. The zero-order valence-electron chi connectivity index (χ0n) is 11.8. The van der Waals surface area contributed by atoms with Gasteiger partial charge in [-0.15, -0.1) is 5.10 Å². The van der Waals surface area contributed by atoms with E-state index >= 15 is 0 Å². The standard InChI is InChI=1S/C17H16N2O2/c1-12-15-4-2-3-5-16(15)17(19-18-12)21-14-8-6-13(7-9-14)10-11-20/h2-9,20H,10-11H2,1H3. The lowest BCUT2D eigenvalue weighted by molar-refractivity contribution is 0.299. The van der Waals surface area contributed by atoms with Crippen molar-refractivity contribution in [1.82, 2.24) is 10.2 Å². The number of hydrogen-bond donors (Lipinski definition) is 1. The van der Waals surface area contributed by atoms with Gasteiger partial charge in [-0.1, -0.05) is 30.3 Å². The number of benzene rings is 2. The lowest BCUT2D eigenvalue weighted by atomic mass is 10.1. The van der Waals surface area contributed by atoms with Crippen LogP contribution >= 0.6 is 0 Å². The zero-order chi connectivity index (χ0) is 14.7. The molecule has 1 aromatic heterocycles. The fourth-order valence-electron chi connectivity index (χ4n) is 2.25. The van der Waals surface area contributed by atoms with Crippen LogP contribution in [0.2, 0.25) is 0 Å². The molecule has 0 bridgehead atoms. The summed E-state index contributed by atoms with van der Waals surface area (Å²) >= 11 is 0. The van der Waals surface area contributed by atoms with Gasteiger partial charge in [0.1, 0.15) is 5.75 Å². The van der Waals surface area contributed by atoms with Crippen molar-refractivity contribution in [3.63, 3.8) is 0 Å². The maximum Gasteiger partial charge on any atom is 0.246 e. The first kappa shape index (κ1) is 13.5. The van der Waals surface area contributed by atoms with Gasteiger partial charge in [0.15, 0.2) is 0 Å². The Hall–Kier alpha value is -2.46. The third-order valence-corrected chi connectivity index (χ3v) is 3.38. The Balaban J connectivity index is 1.93. The summed E-state index contributed by atoms with van der Waals surface area (Å²) in [5.41, 5.74) is 1.96. The Kier molecular flexibility index (Phi) is 3.79. The second-order valence-electron chi connectivity index (χ2n) is 4.86. The van der Waals surface area contributed by atoms with Gasteiger partial charge in [0.2, 0.25) is 5.88 Å². The van der Waals surface area contributed by atoms with Crippen LogP contribution < -0.4 is 4.74 Å². The highest BCUT2D eigenvalue weighted by molar-refractivity contribution is 5.88. The van der Waals surface area contributed by atoms with Crippen LogP contribution in [-0.4, -0.2) is 21.9 Å². The number of rotatable bonds is 4. The van der Waals surface area contributed by atoms with Crippen LogP contribution in [0.15, 0.2) is 48.5 Å².